The van der Waals surface area contributed by atoms with E-state index in [1.165, 1.54) is 30.9 Å². The molecule has 2 aromatic rings. The van der Waals surface area contributed by atoms with E-state index < -0.39 is 36.5 Å². The van der Waals surface area contributed by atoms with Gasteiger partial charge in [0.2, 0.25) is 5.91 Å². The van der Waals surface area contributed by atoms with Crippen molar-refractivity contribution in [2.75, 3.05) is 24.6 Å². The minimum atomic E-state index is -0.676. The zero-order valence-electron chi connectivity index (χ0n) is 17.2. The summed E-state index contributed by atoms with van der Waals surface area (Å²) in [5.41, 5.74) is 0.496. The Labute approximate surface area is 185 Å². The third kappa shape index (κ3) is 5.97. The van der Waals surface area contributed by atoms with E-state index in [4.69, 9.17) is 4.74 Å². The van der Waals surface area contributed by atoms with Gasteiger partial charge in [-0.25, -0.2) is 9.18 Å². The predicted octanol–water partition coefficient (Wildman–Crippen LogP) is 0.985. The van der Waals surface area contributed by atoms with Crippen LogP contribution in [0.3, 0.4) is 0 Å². The Morgan fingerprint density at radius 3 is 2.75 bits per heavy atom. The van der Waals surface area contributed by atoms with Gasteiger partial charge in [0.25, 0.3) is 5.91 Å². The molecule has 2 N–H and O–H groups in total. The summed E-state index contributed by atoms with van der Waals surface area (Å²) in [6.07, 6.45) is -1.32. The zero-order valence-corrected chi connectivity index (χ0v) is 18.0. The molecule has 170 valence electrons. The lowest BCUT2D eigenvalue weighted by Gasteiger charge is -2.14. The highest BCUT2D eigenvalue weighted by molar-refractivity contribution is 7.14. The highest BCUT2D eigenvalue weighted by Crippen LogP contribution is 2.30. The third-order valence-electron chi connectivity index (χ3n) is 4.26. The summed E-state index contributed by atoms with van der Waals surface area (Å²) in [4.78, 5) is 46.8. The van der Waals surface area contributed by atoms with Gasteiger partial charge in [0.05, 0.1) is 25.3 Å². The van der Waals surface area contributed by atoms with E-state index in [9.17, 15) is 23.6 Å². The third-order valence-corrected chi connectivity index (χ3v) is 5.21. The first-order valence-electron chi connectivity index (χ1n) is 9.48. The minimum absolute atomic E-state index is 0.0186. The lowest BCUT2D eigenvalue weighted by molar-refractivity contribution is -0.146. The van der Waals surface area contributed by atoms with E-state index >= 15 is 0 Å². The van der Waals surface area contributed by atoms with Gasteiger partial charge in [-0.1, -0.05) is 11.3 Å². The van der Waals surface area contributed by atoms with Gasteiger partial charge >= 0.3 is 12.1 Å². The van der Waals surface area contributed by atoms with Gasteiger partial charge < -0.3 is 20.1 Å². The molecule has 11 nitrogen and oxygen atoms in total. The van der Waals surface area contributed by atoms with Crippen molar-refractivity contribution in [3.63, 3.8) is 0 Å². The molecular formula is C19H20FN5O6S. The Hall–Kier alpha value is -3.61. The number of esters is 1. The van der Waals surface area contributed by atoms with E-state index in [0.29, 0.717) is 10.0 Å². The SMILES string of the molecule is CC(=O)NCc1nnc(-c2ccc(N3CC(CNC(=O)COC(C)=O)OC3=O)cc2F)s1. The number of hydrogen-bond acceptors (Lipinski definition) is 9. The lowest BCUT2D eigenvalue weighted by Crippen LogP contribution is -2.36. The number of anilines is 1. The van der Waals surface area contributed by atoms with E-state index in [2.05, 4.69) is 25.6 Å². The van der Waals surface area contributed by atoms with Crippen molar-refractivity contribution < 1.29 is 33.0 Å². The summed E-state index contributed by atoms with van der Waals surface area (Å²) < 4.78 is 24.5. The van der Waals surface area contributed by atoms with Crippen molar-refractivity contribution in [3.05, 3.63) is 29.0 Å². The fourth-order valence-corrected chi connectivity index (χ4v) is 3.57. The monoisotopic (exact) mass is 465 g/mol. The number of cyclic esters (lactones) is 1. The molecular weight excluding hydrogens is 445 g/mol. The molecule has 0 radical (unpaired) electrons. The predicted molar refractivity (Wildman–Crippen MR) is 110 cm³/mol. The van der Waals surface area contributed by atoms with Crippen LogP contribution >= 0.6 is 11.3 Å². The van der Waals surface area contributed by atoms with E-state index in [-0.39, 0.29) is 36.8 Å². The first-order valence-corrected chi connectivity index (χ1v) is 10.3. The molecule has 1 aromatic heterocycles. The fourth-order valence-electron chi connectivity index (χ4n) is 2.76. The lowest BCUT2D eigenvalue weighted by atomic mass is 10.2. The first kappa shape index (κ1) is 23.1. The highest BCUT2D eigenvalue weighted by Gasteiger charge is 2.33. The minimum Gasteiger partial charge on any atom is -0.456 e. The summed E-state index contributed by atoms with van der Waals surface area (Å²) in [6.45, 7) is 2.46. The number of carbonyl (C=O) groups excluding carboxylic acids is 4. The summed E-state index contributed by atoms with van der Waals surface area (Å²) in [5, 5.41) is 13.8. The van der Waals surface area contributed by atoms with Gasteiger partial charge in [0.1, 0.15) is 16.9 Å². The molecule has 1 aliphatic rings. The standard InChI is InChI=1S/C19H20FN5O6S/c1-10(26)21-7-17-23-24-18(32-17)14-4-3-12(5-15(14)20)25-8-13(31-19(25)29)6-22-16(28)9-30-11(2)27/h3-5,13H,6-9H2,1-2H3,(H,21,26)(H,22,28). The molecule has 32 heavy (non-hydrogen) atoms. The van der Waals surface area contributed by atoms with Gasteiger partial charge in [-0.05, 0) is 18.2 Å². The Kier molecular flexibility index (Phi) is 7.30. The van der Waals surface area contributed by atoms with Crippen molar-refractivity contribution in [3.8, 4) is 10.6 Å². The average molecular weight is 465 g/mol. The summed E-state index contributed by atoms with van der Waals surface area (Å²) in [5.74, 6) is -1.92. The Morgan fingerprint density at radius 1 is 1.28 bits per heavy atom. The quantitative estimate of drug-likeness (QED) is 0.550. The summed E-state index contributed by atoms with van der Waals surface area (Å²) >= 11 is 1.14. The molecule has 0 aliphatic carbocycles. The molecule has 3 amide bonds. The van der Waals surface area contributed by atoms with Crippen molar-refractivity contribution in [2.45, 2.75) is 26.5 Å². The summed E-state index contributed by atoms with van der Waals surface area (Å²) in [7, 11) is 0. The number of carbonyl (C=O) groups is 4. The van der Waals surface area contributed by atoms with Crippen LogP contribution in [0, 0.1) is 5.82 Å². The van der Waals surface area contributed by atoms with Crippen molar-refractivity contribution in [1.29, 1.82) is 0 Å². The fraction of sp³-hybridized carbons (Fsp3) is 0.368. The number of hydrogen-bond donors (Lipinski definition) is 2. The van der Waals surface area contributed by atoms with Crippen molar-refractivity contribution >= 4 is 40.9 Å². The average Bonchev–Trinajstić information content (AvgIpc) is 3.35. The second kappa shape index (κ2) is 10.1. The maximum absolute atomic E-state index is 14.7. The number of aromatic nitrogens is 2. The van der Waals surface area contributed by atoms with E-state index in [1.807, 2.05) is 0 Å². The second-order valence-corrected chi connectivity index (χ2v) is 7.84. The van der Waals surface area contributed by atoms with Crippen molar-refractivity contribution in [2.24, 2.45) is 0 Å². The number of ether oxygens (including phenoxy) is 2. The molecule has 1 atom stereocenters. The van der Waals surface area contributed by atoms with E-state index in [1.54, 1.807) is 6.07 Å². The van der Waals surface area contributed by atoms with Crippen LogP contribution in [0.5, 0.6) is 0 Å². The van der Waals surface area contributed by atoms with Crippen LogP contribution in [0.1, 0.15) is 18.9 Å². The maximum Gasteiger partial charge on any atom is 0.414 e. The van der Waals surface area contributed by atoms with Gasteiger partial charge in [0.15, 0.2) is 11.6 Å². The summed E-state index contributed by atoms with van der Waals surface area (Å²) in [6, 6.07) is 4.22. The first-order chi connectivity index (χ1) is 15.2. The zero-order chi connectivity index (χ0) is 23.3. The number of halogens is 1. The van der Waals surface area contributed by atoms with Crippen LogP contribution in [0.2, 0.25) is 0 Å². The van der Waals surface area contributed by atoms with Gasteiger partial charge in [-0.15, -0.1) is 10.2 Å². The van der Waals surface area contributed by atoms with Crippen LogP contribution in [0.4, 0.5) is 14.9 Å². The second-order valence-electron chi connectivity index (χ2n) is 6.78. The Bertz CT molecular complexity index is 1040. The smallest absolute Gasteiger partial charge is 0.414 e. The molecule has 0 bridgehead atoms. The molecule has 3 rings (SSSR count). The number of amides is 3. The molecule has 1 unspecified atom stereocenters. The molecule has 1 fully saturated rings. The molecule has 0 saturated carbocycles. The van der Waals surface area contributed by atoms with Crippen molar-refractivity contribution in [1.82, 2.24) is 20.8 Å². The highest BCUT2D eigenvalue weighted by atomic mass is 32.1. The largest absolute Gasteiger partial charge is 0.456 e. The van der Waals surface area contributed by atoms with E-state index in [0.717, 1.165) is 11.3 Å². The Morgan fingerprint density at radius 2 is 2.06 bits per heavy atom. The number of benzene rings is 1. The molecule has 13 heteroatoms. The van der Waals surface area contributed by atoms with Gasteiger partial charge in [0, 0.05) is 19.4 Å². The maximum atomic E-state index is 14.7. The van der Waals surface area contributed by atoms with Crippen LogP contribution in [0.25, 0.3) is 10.6 Å². The van der Waals surface area contributed by atoms with Crippen LogP contribution in [0.15, 0.2) is 18.2 Å². The molecule has 2 heterocycles. The Balaban J connectivity index is 1.61. The van der Waals surface area contributed by atoms with Crippen LogP contribution in [-0.2, 0) is 30.4 Å². The van der Waals surface area contributed by atoms with Gasteiger partial charge in [-0.3, -0.25) is 19.3 Å². The molecule has 1 aliphatic heterocycles. The number of nitrogens with zero attached hydrogens (tertiary/aromatic N) is 3. The molecule has 0 spiro atoms. The molecule has 1 aromatic carbocycles. The number of rotatable bonds is 8. The number of nitrogens with one attached hydrogen (secondary N) is 2. The molecule has 1 saturated heterocycles. The topological polar surface area (TPSA) is 140 Å². The van der Waals surface area contributed by atoms with Crippen LogP contribution < -0.4 is 15.5 Å². The normalized spacial score (nSPS) is 15.3. The van der Waals surface area contributed by atoms with Gasteiger partial charge in [-0.2, -0.15) is 0 Å². The van der Waals surface area contributed by atoms with Crippen LogP contribution in [-0.4, -0.2) is 59.9 Å².